The number of aromatic nitrogens is 2. The maximum atomic E-state index is 11.2. The summed E-state index contributed by atoms with van der Waals surface area (Å²) in [5, 5.41) is 31.6. The van der Waals surface area contributed by atoms with E-state index in [4.69, 9.17) is 11.6 Å². The number of rotatable bonds is 3. The van der Waals surface area contributed by atoms with Crippen molar-refractivity contribution in [3.05, 3.63) is 45.8 Å². The molecule has 20 heavy (non-hydrogen) atoms. The van der Waals surface area contributed by atoms with Crippen LogP contribution in [0.15, 0.2) is 4.79 Å². The second-order valence-electron chi connectivity index (χ2n) is 3.46. The summed E-state index contributed by atoms with van der Waals surface area (Å²) in [7, 11) is 0. The molecule has 0 aliphatic rings. The van der Waals surface area contributed by atoms with Gasteiger partial charge in [0, 0.05) is 0 Å². The third-order valence-corrected chi connectivity index (χ3v) is 2.75. The number of aromatic amines is 2. The minimum atomic E-state index is -1.26. The molecule has 0 fully saturated rings. The van der Waals surface area contributed by atoms with E-state index in [1.54, 1.807) is 0 Å². The number of benzene rings is 1. The average Bonchev–Trinajstić information content (AvgIpc) is 2.66. The first-order chi connectivity index (χ1) is 9.25. The number of nitrogens with one attached hydrogen (secondary N) is 2. The SMILES string of the molecule is O=c1[nH]c2c([N+](=O)[O-])c(Cl)c([N+](=O)[O-])c([N+](=O)[O-])c2[nH]1. The second kappa shape index (κ2) is 4.27. The topological polar surface area (TPSA) is 178 Å². The summed E-state index contributed by atoms with van der Waals surface area (Å²) in [6.45, 7) is 0. The summed E-state index contributed by atoms with van der Waals surface area (Å²) in [6.07, 6.45) is 0. The van der Waals surface area contributed by atoms with Crippen molar-refractivity contribution in [1.29, 1.82) is 0 Å². The molecule has 1 heterocycles. The Morgan fingerprint density at radius 1 is 0.800 bits per heavy atom. The van der Waals surface area contributed by atoms with Crippen molar-refractivity contribution >= 4 is 39.7 Å². The molecule has 1 aromatic heterocycles. The van der Waals surface area contributed by atoms with Crippen molar-refractivity contribution in [2.45, 2.75) is 0 Å². The van der Waals surface area contributed by atoms with Crippen LogP contribution in [0.25, 0.3) is 11.0 Å². The van der Waals surface area contributed by atoms with Crippen molar-refractivity contribution in [1.82, 2.24) is 9.97 Å². The van der Waals surface area contributed by atoms with Crippen molar-refractivity contribution in [3.8, 4) is 0 Å². The van der Waals surface area contributed by atoms with E-state index in [9.17, 15) is 35.1 Å². The number of halogens is 1. The lowest BCUT2D eigenvalue weighted by Gasteiger charge is -2.00. The van der Waals surface area contributed by atoms with Gasteiger partial charge in [0.25, 0.3) is 0 Å². The van der Waals surface area contributed by atoms with Gasteiger partial charge in [0.15, 0.2) is 11.0 Å². The minimum Gasteiger partial charge on any atom is -0.300 e. The maximum Gasteiger partial charge on any atom is 0.373 e. The fraction of sp³-hybridized carbons (Fsp3) is 0. The molecule has 0 saturated carbocycles. The van der Waals surface area contributed by atoms with Crippen LogP contribution < -0.4 is 5.69 Å². The van der Waals surface area contributed by atoms with Crippen LogP contribution in [-0.2, 0) is 0 Å². The largest absolute Gasteiger partial charge is 0.373 e. The van der Waals surface area contributed by atoms with Crippen LogP contribution in [0.3, 0.4) is 0 Å². The highest BCUT2D eigenvalue weighted by Crippen LogP contribution is 2.45. The molecule has 0 radical (unpaired) electrons. The van der Waals surface area contributed by atoms with Gasteiger partial charge in [-0.1, -0.05) is 11.6 Å². The van der Waals surface area contributed by atoms with E-state index < -0.39 is 53.6 Å². The zero-order chi connectivity index (χ0) is 15.2. The van der Waals surface area contributed by atoms with Crippen LogP contribution in [0, 0.1) is 30.3 Å². The zero-order valence-corrected chi connectivity index (χ0v) is 9.83. The molecular formula is C7H2ClN5O7. The standard InChI is InChI=1S/C7H2ClN5O7/c8-1-4(11(15)16)2-3(10-7(14)9-2)6(13(19)20)5(1)12(17)18/h(H2,9,10,14). The van der Waals surface area contributed by atoms with Gasteiger partial charge in [0.2, 0.25) is 5.02 Å². The third-order valence-electron chi connectivity index (χ3n) is 2.39. The number of fused-ring (bicyclic) bond motifs is 1. The normalized spacial score (nSPS) is 10.7. The van der Waals surface area contributed by atoms with E-state index >= 15 is 0 Å². The van der Waals surface area contributed by atoms with Gasteiger partial charge in [-0.05, 0) is 0 Å². The van der Waals surface area contributed by atoms with Crippen LogP contribution in [0.5, 0.6) is 0 Å². The Labute approximate surface area is 111 Å². The van der Waals surface area contributed by atoms with Crippen LogP contribution >= 0.6 is 11.6 Å². The lowest BCUT2D eigenvalue weighted by atomic mass is 10.2. The summed E-state index contributed by atoms with van der Waals surface area (Å²) >= 11 is 5.51. The van der Waals surface area contributed by atoms with Crippen LogP contribution in [0.2, 0.25) is 5.02 Å². The Balaban J connectivity index is 3.18. The molecule has 0 bridgehead atoms. The first-order valence-corrected chi connectivity index (χ1v) is 5.04. The molecule has 0 saturated heterocycles. The molecular weight excluding hydrogens is 302 g/mol. The van der Waals surface area contributed by atoms with Gasteiger partial charge in [-0.25, -0.2) is 4.79 Å². The van der Waals surface area contributed by atoms with Crippen LogP contribution in [0.1, 0.15) is 0 Å². The fourth-order valence-corrected chi connectivity index (χ4v) is 2.02. The molecule has 2 aromatic rings. The predicted molar refractivity (Wildman–Crippen MR) is 63.9 cm³/mol. The van der Waals surface area contributed by atoms with Gasteiger partial charge >= 0.3 is 22.8 Å². The van der Waals surface area contributed by atoms with Crippen molar-refractivity contribution in [2.75, 3.05) is 0 Å². The number of H-pyrrole nitrogens is 2. The molecule has 0 atom stereocenters. The van der Waals surface area contributed by atoms with E-state index in [0.717, 1.165) is 0 Å². The molecule has 2 N–H and O–H groups in total. The highest BCUT2D eigenvalue weighted by atomic mass is 35.5. The summed E-state index contributed by atoms with van der Waals surface area (Å²) in [5.41, 5.74) is -5.62. The van der Waals surface area contributed by atoms with Gasteiger partial charge in [-0.3, -0.25) is 40.3 Å². The fourth-order valence-electron chi connectivity index (χ4n) is 1.70. The Kier molecular flexibility index (Phi) is 2.86. The molecule has 0 aliphatic carbocycles. The number of nitro groups is 3. The molecule has 13 heteroatoms. The smallest absolute Gasteiger partial charge is 0.300 e. The zero-order valence-electron chi connectivity index (χ0n) is 9.08. The number of nitrogens with zero attached hydrogens (tertiary/aromatic N) is 3. The molecule has 0 aliphatic heterocycles. The summed E-state index contributed by atoms with van der Waals surface area (Å²) in [6, 6.07) is 0. The van der Waals surface area contributed by atoms with Crippen molar-refractivity contribution in [2.24, 2.45) is 0 Å². The van der Waals surface area contributed by atoms with E-state index in [0.29, 0.717) is 0 Å². The van der Waals surface area contributed by atoms with Gasteiger partial charge in [-0.2, -0.15) is 0 Å². The van der Waals surface area contributed by atoms with Gasteiger partial charge in [0.05, 0.1) is 14.8 Å². The molecule has 1 aromatic carbocycles. The highest BCUT2D eigenvalue weighted by molar-refractivity contribution is 6.37. The first-order valence-electron chi connectivity index (χ1n) is 4.66. The van der Waals surface area contributed by atoms with E-state index in [1.165, 1.54) is 0 Å². The highest BCUT2D eigenvalue weighted by Gasteiger charge is 2.40. The Morgan fingerprint density at radius 3 is 1.60 bits per heavy atom. The molecule has 0 amide bonds. The summed E-state index contributed by atoms with van der Waals surface area (Å²) in [4.78, 5) is 44.2. The quantitative estimate of drug-likeness (QED) is 0.631. The summed E-state index contributed by atoms with van der Waals surface area (Å²) in [5.74, 6) is 0. The number of hydrogen-bond donors (Lipinski definition) is 2. The summed E-state index contributed by atoms with van der Waals surface area (Å²) < 4.78 is 0. The average molecular weight is 304 g/mol. The van der Waals surface area contributed by atoms with E-state index in [-0.39, 0.29) is 0 Å². The van der Waals surface area contributed by atoms with Crippen molar-refractivity contribution in [3.63, 3.8) is 0 Å². The molecule has 12 nitrogen and oxygen atoms in total. The molecule has 104 valence electrons. The lowest BCUT2D eigenvalue weighted by Crippen LogP contribution is -2.02. The number of hydrogen-bond acceptors (Lipinski definition) is 7. The Morgan fingerprint density at radius 2 is 1.20 bits per heavy atom. The van der Waals surface area contributed by atoms with Crippen molar-refractivity contribution < 1.29 is 14.8 Å². The van der Waals surface area contributed by atoms with Gasteiger partial charge in [0.1, 0.15) is 0 Å². The first kappa shape index (κ1) is 13.4. The monoisotopic (exact) mass is 303 g/mol. The third kappa shape index (κ3) is 1.74. The van der Waals surface area contributed by atoms with Gasteiger partial charge < -0.3 is 0 Å². The predicted octanol–water partition coefficient (Wildman–Crippen LogP) is 1.23. The number of imidazole rings is 1. The van der Waals surface area contributed by atoms with E-state index in [1.807, 2.05) is 9.97 Å². The Bertz CT molecular complexity index is 836. The van der Waals surface area contributed by atoms with E-state index in [2.05, 4.69) is 0 Å². The van der Waals surface area contributed by atoms with Gasteiger partial charge in [-0.15, -0.1) is 0 Å². The lowest BCUT2D eigenvalue weighted by molar-refractivity contribution is -0.422. The maximum absolute atomic E-state index is 11.2. The Hall–Kier alpha value is -3.02. The number of nitro benzene ring substituents is 3. The molecule has 0 unspecified atom stereocenters. The van der Waals surface area contributed by atoms with Crippen LogP contribution in [-0.4, -0.2) is 24.7 Å². The minimum absolute atomic E-state index is 0.581. The molecule has 2 rings (SSSR count). The molecule has 0 spiro atoms. The van der Waals surface area contributed by atoms with Crippen LogP contribution in [0.4, 0.5) is 17.1 Å². The second-order valence-corrected chi connectivity index (χ2v) is 3.84.